The fourth-order valence-electron chi connectivity index (χ4n) is 4.56. The van der Waals surface area contributed by atoms with Gasteiger partial charge in [0.05, 0.1) is 10.5 Å². The molecular formula is C26H19F4N3O2S. The molecule has 0 radical (unpaired) electrons. The summed E-state index contributed by atoms with van der Waals surface area (Å²) in [5.41, 5.74) is 2.70. The normalized spacial score (nSPS) is 15.5. The van der Waals surface area contributed by atoms with E-state index in [0.717, 1.165) is 34.9 Å². The number of hydrogen-bond donors (Lipinski definition) is 1. The molecule has 1 atom stereocenters. The number of hydrogen-bond acceptors (Lipinski definition) is 4. The number of halogens is 4. The second-order valence-corrected chi connectivity index (χ2v) is 10.1. The highest BCUT2D eigenvalue weighted by Gasteiger charge is 2.33. The number of aryl methyl sites for hydroxylation is 1. The lowest BCUT2D eigenvalue weighted by atomic mass is 9.86. The maximum absolute atomic E-state index is 13.5. The largest absolute Gasteiger partial charge is 0.416 e. The molecule has 1 unspecified atom stereocenters. The number of nitrogens with one attached hydrogen (secondary N) is 1. The van der Waals surface area contributed by atoms with Crippen LogP contribution in [0.4, 0.5) is 23.4 Å². The zero-order valence-electron chi connectivity index (χ0n) is 18.6. The van der Waals surface area contributed by atoms with Crippen molar-refractivity contribution in [3.05, 3.63) is 107 Å². The van der Waals surface area contributed by atoms with Crippen LogP contribution in [0.5, 0.6) is 0 Å². The second kappa shape index (κ2) is 9.02. The van der Waals surface area contributed by atoms with E-state index in [0.29, 0.717) is 24.0 Å². The molecule has 5 nitrogen and oxygen atoms in total. The van der Waals surface area contributed by atoms with Crippen molar-refractivity contribution in [2.24, 2.45) is 0 Å². The van der Waals surface area contributed by atoms with Gasteiger partial charge in [0.25, 0.3) is 10.0 Å². The SMILES string of the molecule is O=S(=O)(Nc1cccc(F)n1)c1ccc2c(c1)CCC2c1ccc(C(F)(F)F)cc1-c1ccncc1. The molecule has 1 aliphatic rings. The van der Waals surface area contributed by atoms with Gasteiger partial charge in [0.15, 0.2) is 0 Å². The maximum atomic E-state index is 13.5. The molecule has 10 heteroatoms. The van der Waals surface area contributed by atoms with E-state index in [4.69, 9.17) is 0 Å². The molecule has 1 aliphatic carbocycles. The van der Waals surface area contributed by atoms with Crippen molar-refractivity contribution in [3.63, 3.8) is 0 Å². The van der Waals surface area contributed by atoms with E-state index in [1.807, 2.05) is 0 Å². The van der Waals surface area contributed by atoms with E-state index >= 15 is 0 Å². The lowest BCUT2D eigenvalue weighted by molar-refractivity contribution is -0.137. The molecule has 0 fully saturated rings. The summed E-state index contributed by atoms with van der Waals surface area (Å²) in [6.45, 7) is 0. The fraction of sp³-hybridized carbons (Fsp3) is 0.154. The first-order chi connectivity index (χ1) is 17.1. The predicted molar refractivity (Wildman–Crippen MR) is 126 cm³/mol. The van der Waals surface area contributed by atoms with Crippen LogP contribution in [0.1, 0.15) is 34.6 Å². The van der Waals surface area contributed by atoms with E-state index < -0.39 is 27.7 Å². The first-order valence-corrected chi connectivity index (χ1v) is 12.5. The minimum atomic E-state index is -4.49. The van der Waals surface area contributed by atoms with Crippen LogP contribution in [0.25, 0.3) is 11.1 Å². The first-order valence-electron chi connectivity index (χ1n) is 11.0. The van der Waals surface area contributed by atoms with Gasteiger partial charge < -0.3 is 0 Å². The summed E-state index contributed by atoms with van der Waals surface area (Å²) >= 11 is 0. The Hall–Kier alpha value is -3.79. The standard InChI is InChI=1S/C26H19F4N3O2S/c27-24-2-1-3-25(32-24)33-36(34,35)19-6-9-20-17(14-19)4-7-21(20)22-8-5-18(26(28,29)30)15-23(22)16-10-12-31-13-11-16/h1-3,5-6,8-15,21H,4,7H2,(H,32,33). The lowest BCUT2D eigenvalue weighted by Gasteiger charge is -2.19. The van der Waals surface area contributed by atoms with Gasteiger partial charge in [-0.2, -0.15) is 17.6 Å². The summed E-state index contributed by atoms with van der Waals surface area (Å²) in [7, 11) is -4.02. The first kappa shape index (κ1) is 23.9. The van der Waals surface area contributed by atoms with Crippen LogP contribution in [0, 0.1) is 5.95 Å². The topological polar surface area (TPSA) is 72.0 Å². The van der Waals surface area contributed by atoms with Crippen LogP contribution in [-0.2, 0) is 22.6 Å². The Morgan fingerprint density at radius 3 is 2.39 bits per heavy atom. The Kier molecular flexibility index (Phi) is 5.99. The summed E-state index contributed by atoms with van der Waals surface area (Å²) in [4.78, 5) is 7.49. The highest BCUT2D eigenvalue weighted by Crippen LogP contribution is 2.44. The van der Waals surface area contributed by atoms with Gasteiger partial charge in [-0.3, -0.25) is 9.71 Å². The van der Waals surface area contributed by atoms with Crippen molar-refractivity contribution in [1.82, 2.24) is 9.97 Å². The predicted octanol–water partition coefficient (Wildman–Crippen LogP) is 6.18. The second-order valence-electron chi connectivity index (χ2n) is 8.44. The van der Waals surface area contributed by atoms with E-state index in [9.17, 15) is 26.0 Å². The van der Waals surface area contributed by atoms with Crippen molar-refractivity contribution in [2.75, 3.05) is 4.72 Å². The average molecular weight is 514 g/mol. The minimum Gasteiger partial charge on any atom is -0.265 e. The Labute approximate surface area is 204 Å². The fourth-order valence-corrected chi connectivity index (χ4v) is 5.62. The van der Waals surface area contributed by atoms with Crippen LogP contribution in [0.3, 0.4) is 0 Å². The number of alkyl halides is 3. The Morgan fingerprint density at radius 1 is 0.917 bits per heavy atom. The van der Waals surface area contributed by atoms with Gasteiger partial charge in [0, 0.05) is 18.3 Å². The maximum Gasteiger partial charge on any atom is 0.416 e. The summed E-state index contributed by atoms with van der Waals surface area (Å²) in [6, 6.07) is 15.5. The Bertz CT molecular complexity index is 1540. The summed E-state index contributed by atoms with van der Waals surface area (Å²) in [5.74, 6) is -1.16. The summed E-state index contributed by atoms with van der Waals surface area (Å²) in [6.07, 6.45) is -0.265. The van der Waals surface area contributed by atoms with Crippen molar-refractivity contribution in [1.29, 1.82) is 0 Å². The molecule has 0 saturated carbocycles. The molecule has 2 aromatic heterocycles. The van der Waals surface area contributed by atoms with Gasteiger partial charge in [-0.05, 0) is 89.2 Å². The molecule has 0 saturated heterocycles. The van der Waals surface area contributed by atoms with Crippen molar-refractivity contribution >= 4 is 15.8 Å². The number of benzene rings is 2. The number of anilines is 1. The van der Waals surface area contributed by atoms with Crippen LogP contribution < -0.4 is 4.72 Å². The number of fused-ring (bicyclic) bond motifs is 1. The van der Waals surface area contributed by atoms with Crippen LogP contribution >= 0.6 is 0 Å². The van der Waals surface area contributed by atoms with Crippen LogP contribution in [-0.4, -0.2) is 18.4 Å². The Balaban J connectivity index is 1.52. The third kappa shape index (κ3) is 4.68. The van der Waals surface area contributed by atoms with Crippen molar-refractivity contribution < 1.29 is 26.0 Å². The quantitative estimate of drug-likeness (QED) is 0.256. The number of pyridine rings is 2. The van der Waals surface area contributed by atoms with Crippen molar-refractivity contribution in [3.8, 4) is 11.1 Å². The molecule has 1 N–H and O–H groups in total. The molecule has 0 aliphatic heterocycles. The van der Waals surface area contributed by atoms with Crippen LogP contribution in [0.2, 0.25) is 0 Å². The van der Waals surface area contributed by atoms with Crippen molar-refractivity contribution in [2.45, 2.75) is 29.8 Å². The zero-order valence-corrected chi connectivity index (χ0v) is 19.4. The average Bonchev–Trinajstić information content (AvgIpc) is 3.27. The molecule has 5 rings (SSSR count). The number of sulfonamides is 1. The zero-order chi connectivity index (χ0) is 25.5. The number of nitrogens with zero attached hydrogens (tertiary/aromatic N) is 2. The summed E-state index contributed by atoms with van der Waals surface area (Å²) < 4.78 is 81.7. The third-order valence-electron chi connectivity index (χ3n) is 6.20. The molecule has 0 amide bonds. The smallest absolute Gasteiger partial charge is 0.265 e. The molecule has 4 aromatic rings. The monoisotopic (exact) mass is 513 g/mol. The molecule has 184 valence electrons. The van der Waals surface area contributed by atoms with Crippen LogP contribution in [0.15, 0.2) is 84.0 Å². The van der Waals surface area contributed by atoms with Gasteiger partial charge in [0.2, 0.25) is 5.95 Å². The molecule has 0 bridgehead atoms. The molecule has 0 spiro atoms. The van der Waals surface area contributed by atoms with Gasteiger partial charge >= 0.3 is 6.18 Å². The summed E-state index contributed by atoms with van der Waals surface area (Å²) in [5, 5.41) is 0. The van der Waals surface area contributed by atoms with Gasteiger partial charge in [0.1, 0.15) is 5.82 Å². The number of rotatable bonds is 5. The highest BCUT2D eigenvalue weighted by atomic mass is 32.2. The van der Waals surface area contributed by atoms with Gasteiger partial charge in [-0.25, -0.2) is 13.4 Å². The number of aromatic nitrogens is 2. The van der Waals surface area contributed by atoms with Gasteiger partial charge in [-0.15, -0.1) is 0 Å². The van der Waals surface area contributed by atoms with E-state index in [2.05, 4.69) is 14.7 Å². The molecular weight excluding hydrogens is 494 g/mol. The lowest BCUT2D eigenvalue weighted by Crippen LogP contribution is -2.14. The van der Waals surface area contributed by atoms with E-state index in [1.165, 1.54) is 36.7 Å². The molecule has 36 heavy (non-hydrogen) atoms. The molecule has 2 aromatic carbocycles. The minimum absolute atomic E-state index is 0.00487. The third-order valence-corrected chi connectivity index (χ3v) is 7.56. The van der Waals surface area contributed by atoms with E-state index in [1.54, 1.807) is 24.3 Å². The Morgan fingerprint density at radius 2 is 1.67 bits per heavy atom. The van der Waals surface area contributed by atoms with Gasteiger partial charge in [-0.1, -0.05) is 18.2 Å². The highest BCUT2D eigenvalue weighted by molar-refractivity contribution is 7.92. The molecule has 2 heterocycles. The van der Waals surface area contributed by atoms with E-state index in [-0.39, 0.29) is 16.6 Å².